The predicted molar refractivity (Wildman–Crippen MR) is 112 cm³/mol. The third kappa shape index (κ3) is 7.52. The van der Waals surface area contributed by atoms with Gasteiger partial charge in [0.2, 0.25) is 0 Å². The lowest BCUT2D eigenvalue weighted by Crippen LogP contribution is -2.40. The molecule has 2 aromatic carbocycles. The van der Waals surface area contributed by atoms with Crippen molar-refractivity contribution in [2.75, 3.05) is 13.6 Å². The fourth-order valence-corrected chi connectivity index (χ4v) is 2.61. The third-order valence-electron chi connectivity index (χ3n) is 3.91. The molecule has 1 amide bonds. The molecule has 0 aromatic heterocycles. The van der Waals surface area contributed by atoms with Crippen molar-refractivity contribution in [2.45, 2.75) is 39.3 Å². The zero-order valence-electron chi connectivity index (χ0n) is 16.7. The topological polar surface area (TPSA) is 65.5 Å². The number of hydrogen-bond donors (Lipinski definition) is 3. The lowest BCUT2D eigenvalue weighted by Gasteiger charge is -2.20. The number of nitrogens with one attached hydrogen (secondary N) is 3. The second kappa shape index (κ2) is 9.76. The third-order valence-corrected chi connectivity index (χ3v) is 3.91. The van der Waals surface area contributed by atoms with E-state index in [4.69, 9.17) is 0 Å². The number of rotatable bonds is 6. The Hall–Kier alpha value is -2.82. The van der Waals surface area contributed by atoms with Crippen molar-refractivity contribution < 1.29 is 4.79 Å². The molecule has 0 aliphatic heterocycles. The number of carbonyl (C=O) groups is 1. The normalized spacial score (nSPS) is 11.8. The molecule has 0 saturated heterocycles. The van der Waals surface area contributed by atoms with Gasteiger partial charge in [0.1, 0.15) is 0 Å². The molecule has 0 saturated carbocycles. The van der Waals surface area contributed by atoms with Gasteiger partial charge in [0, 0.05) is 31.2 Å². The first-order valence-electron chi connectivity index (χ1n) is 9.27. The van der Waals surface area contributed by atoms with E-state index in [1.807, 2.05) is 63.2 Å². The highest BCUT2D eigenvalue weighted by atomic mass is 16.1. The van der Waals surface area contributed by atoms with Crippen molar-refractivity contribution in [3.63, 3.8) is 0 Å². The molecule has 144 valence electrons. The van der Waals surface area contributed by atoms with Gasteiger partial charge in [0.25, 0.3) is 5.91 Å². The molecule has 0 spiro atoms. The monoisotopic (exact) mass is 366 g/mol. The van der Waals surface area contributed by atoms with E-state index in [1.54, 1.807) is 7.05 Å². The summed E-state index contributed by atoms with van der Waals surface area (Å²) >= 11 is 0. The molecule has 0 aliphatic carbocycles. The highest BCUT2D eigenvalue weighted by Gasteiger charge is 2.15. The Labute approximate surface area is 162 Å². The number of aliphatic imine (C=N–C) groups is 1. The van der Waals surface area contributed by atoms with Crippen LogP contribution in [0.1, 0.15) is 42.3 Å². The van der Waals surface area contributed by atoms with Crippen LogP contribution in [0.2, 0.25) is 0 Å². The Kier molecular flexibility index (Phi) is 7.41. The van der Waals surface area contributed by atoms with Crippen molar-refractivity contribution in [3.05, 3.63) is 71.3 Å². The highest BCUT2D eigenvalue weighted by molar-refractivity contribution is 5.94. The molecular weight excluding hydrogens is 336 g/mol. The summed E-state index contributed by atoms with van der Waals surface area (Å²) in [6, 6.07) is 18.0. The lowest BCUT2D eigenvalue weighted by atomic mass is 10.1. The van der Waals surface area contributed by atoms with Crippen LogP contribution in [0.3, 0.4) is 0 Å². The smallest absolute Gasteiger partial charge is 0.251 e. The van der Waals surface area contributed by atoms with E-state index >= 15 is 0 Å². The summed E-state index contributed by atoms with van der Waals surface area (Å²) in [6.45, 7) is 7.32. The van der Waals surface area contributed by atoms with Gasteiger partial charge >= 0.3 is 0 Å². The Bertz CT molecular complexity index is 763. The average Bonchev–Trinajstić information content (AvgIpc) is 2.64. The summed E-state index contributed by atoms with van der Waals surface area (Å²) in [5.41, 5.74) is 2.73. The first-order valence-corrected chi connectivity index (χ1v) is 9.27. The molecule has 0 fully saturated rings. The minimum atomic E-state index is -0.254. The van der Waals surface area contributed by atoms with Gasteiger partial charge in [-0.05, 0) is 50.5 Å². The van der Waals surface area contributed by atoms with Gasteiger partial charge in [-0.25, -0.2) is 0 Å². The van der Waals surface area contributed by atoms with E-state index in [9.17, 15) is 4.79 Å². The van der Waals surface area contributed by atoms with Crippen molar-refractivity contribution in [3.8, 4) is 0 Å². The predicted octanol–water partition coefficient (Wildman–Crippen LogP) is 3.12. The van der Waals surface area contributed by atoms with Gasteiger partial charge in [-0.1, -0.05) is 42.5 Å². The van der Waals surface area contributed by atoms with Gasteiger partial charge in [-0.15, -0.1) is 0 Å². The van der Waals surface area contributed by atoms with Crippen LogP contribution in [-0.4, -0.2) is 31.0 Å². The second-order valence-corrected chi connectivity index (χ2v) is 7.49. The standard InChI is InChI=1S/C22H30N4O/c1-22(2,3)26-20(27)19-12-8-11-18(15-19)16-25-21(23-4)24-14-13-17-9-6-5-7-10-17/h5-12,15H,13-14,16H2,1-4H3,(H,26,27)(H2,23,24,25). The van der Waals surface area contributed by atoms with E-state index in [0.717, 1.165) is 24.5 Å². The van der Waals surface area contributed by atoms with E-state index in [1.165, 1.54) is 5.56 Å². The molecule has 0 atom stereocenters. The van der Waals surface area contributed by atoms with Crippen molar-refractivity contribution >= 4 is 11.9 Å². The molecule has 27 heavy (non-hydrogen) atoms. The molecular formula is C22H30N4O. The maximum absolute atomic E-state index is 12.3. The molecule has 0 radical (unpaired) electrons. The quantitative estimate of drug-likeness (QED) is 0.544. The largest absolute Gasteiger partial charge is 0.356 e. The maximum Gasteiger partial charge on any atom is 0.251 e. The molecule has 0 bridgehead atoms. The number of benzene rings is 2. The Morgan fingerprint density at radius 2 is 1.67 bits per heavy atom. The van der Waals surface area contributed by atoms with Gasteiger partial charge in [0.15, 0.2) is 5.96 Å². The van der Waals surface area contributed by atoms with Gasteiger partial charge < -0.3 is 16.0 Å². The van der Waals surface area contributed by atoms with Gasteiger partial charge in [-0.2, -0.15) is 0 Å². The highest BCUT2D eigenvalue weighted by Crippen LogP contribution is 2.08. The molecule has 2 aromatic rings. The Morgan fingerprint density at radius 3 is 2.33 bits per heavy atom. The van der Waals surface area contributed by atoms with Crippen LogP contribution in [-0.2, 0) is 13.0 Å². The molecule has 0 unspecified atom stereocenters. The summed E-state index contributed by atoms with van der Waals surface area (Å²) < 4.78 is 0. The summed E-state index contributed by atoms with van der Waals surface area (Å²) in [5.74, 6) is 0.685. The number of nitrogens with zero attached hydrogens (tertiary/aromatic N) is 1. The zero-order valence-corrected chi connectivity index (χ0v) is 16.7. The first-order chi connectivity index (χ1) is 12.9. The molecule has 2 rings (SSSR count). The maximum atomic E-state index is 12.3. The van der Waals surface area contributed by atoms with E-state index in [-0.39, 0.29) is 11.4 Å². The van der Waals surface area contributed by atoms with E-state index in [0.29, 0.717) is 12.1 Å². The van der Waals surface area contributed by atoms with Crippen LogP contribution in [0, 0.1) is 0 Å². The molecule has 0 heterocycles. The number of guanidine groups is 1. The van der Waals surface area contributed by atoms with Crippen LogP contribution < -0.4 is 16.0 Å². The van der Waals surface area contributed by atoms with Crippen molar-refractivity contribution in [1.82, 2.24) is 16.0 Å². The first kappa shape index (κ1) is 20.5. The van der Waals surface area contributed by atoms with Crippen LogP contribution >= 0.6 is 0 Å². The number of carbonyl (C=O) groups excluding carboxylic acids is 1. The lowest BCUT2D eigenvalue weighted by molar-refractivity contribution is 0.0919. The fraction of sp³-hybridized carbons (Fsp3) is 0.364. The van der Waals surface area contributed by atoms with E-state index in [2.05, 4.69) is 33.1 Å². The van der Waals surface area contributed by atoms with Crippen LogP contribution in [0.15, 0.2) is 59.6 Å². The summed E-state index contributed by atoms with van der Waals surface area (Å²) in [5, 5.41) is 9.60. The SMILES string of the molecule is CN=C(NCCc1ccccc1)NCc1cccc(C(=O)NC(C)(C)C)c1. The molecule has 3 N–H and O–H groups in total. The minimum Gasteiger partial charge on any atom is -0.356 e. The van der Waals surface area contributed by atoms with Crippen molar-refractivity contribution in [2.24, 2.45) is 4.99 Å². The molecule has 5 nitrogen and oxygen atoms in total. The van der Waals surface area contributed by atoms with Crippen LogP contribution in [0.5, 0.6) is 0 Å². The minimum absolute atomic E-state index is 0.0604. The zero-order chi connectivity index (χ0) is 19.7. The summed E-state index contributed by atoms with van der Waals surface area (Å²) in [4.78, 5) is 16.6. The van der Waals surface area contributed by atoms with E-state index < -0.39 is 0 Å². The van der Waals surface area contributed by atoms with Gasteiger partial charge in [-0.3, -0.25) is 9.79 Å². The van der Waals surface area contributed by atoms with Gasteiger partial charge in [0.05, 0.1) is 0 Å². The fourth-order valence-electron chi connectivity index (χ4n) is 2.61. The van der Waals surface area contributed by atoms with Crippen LogP contribution in [0.25, 0.3) is 0 Å². The summed E-state index contributed by atoms with van der Waals surface area (Å²) in [6.07, 6.45) is 0.935. The Morgan fingerprint density at radius 1 is 0.963 bits per heavy atom. The summed E-state index contributed by atoms with van der Waals surface area (Å²) in [7, 11) is 1.76. The molecule has 5 heteroatoms. The average molecular weight is 367 g/mol. The van der Waals surface area contributed by atoms with Crippen molar-refractivity contribution in [1.29, 1.82) is 0 Å². The number of hydrogen-bond acceptors (Lipinski definition) is 2. The number of amides is 1. The Balaban J connectivity index is 1.85. The van der Waals surface area contributed by atoms with Crippen LogP contribution in [0.4, 0.5) is 0 Å². The molecule has 0 aliphatic rings. The second-order valence-electron chi connectivity index (χ2n) is 7.49.